The van der Waals surface area contributed by atoms with Crippen molar-refractivity contribution in [3.63, 3.8) is 0 Å². The third kappa shape index (κ3) is 2.77. The lowest BCUT2D eigenvalue weighted by Crippen LogP contribution is -2.31. The molecule has 0 spiro atoms. The number of hydrogen-bond donors (Lipinski definition) is 0. The lowest BCUT2D eigenvalue weighted by molar-refractivity contribution is 0.0599. The lowest BCUT2D eigenvalue weighted by Gasteiger charge is -2.19. The second kappa shape index (κ2) is 5.93. The minimum Gasteiger partial charge on any atom is -0.465 e. The number of nitrogens with zero attached hydrogens (tertiary/aromatic N) is 2. The van der Waals surface area contributed by atoms with Crippen LogP contribution in [0.15, 0.2) is 18.2 Å². The molecule has 22 heavy (non-hydrogen) atoms. The Labute approximate surface area is 128 Å². The van der Waals surface area contributed by atoms with Gasteiger partial charge in [0.2, 0.25) is 0 Å². The zero-order valence-electron chi connectivity index (χ0n) is 12.4. The maximum absolute atomic E-state index is 12.2. The molecule has 1 aliphatic rings. The molecule has 1 aromatic carbocycles. The third-order valence-corrected chi connectivity index (χ3v) is 5.26. The normalized spacial score (nSPS) is 17.3. The van der Waals surface area contributed by atoms with Crippen molar-refractivity contribution < 1.29 is 27.5 Å². The highest BCUT2D eigenvalue weighted by molar-refractivity contribution is 7.90. The van der Waals surface area contributed by atoms with Crippen molar-refractivity contribution in [3.8, 4) is 0 Å². The van der Waals surface area contributed by atoms with Crippen molar-refractivity contribution in [2.45, 2.75) is 0 Å². The largest absolute Gasteiger partial charge is 0.465 e. The summed E-state index contributed by atoms with van der Waals surface area (Å²) >= 11 is 0. The van der Waals surface area contributed by atoms with E-state index in [2.05, 4.69) is 9.47 Å². The Hall–Kier alpha value is -2.13. The number of methoxy groups -OCH3 is 2. The Kier molecular flexibility index (Phi) is 4.38. The molecule has 0 bridgehead atoms. The maximum Gasteiger partial charge on any atom is 0.337 e. The summed E-state index contributed by atoms with van der Waals surface area (Å²) in [6.07, 6.45) is 0. The lowest BCUT2D eigenvalue weighted by atomic mass is 10.1. The first kappa shape index (κ1) is 16.2. The van der Waals surface area contributed by atoms with Crippen molar-refractivity contribution >= 4 is 27.8 Å². The number of carbonyl (C=O) groups excluding carboxylic acids is 2. The molecule has 1 aromatic rings. The molecule has 2 rings (SSSR count). The van der Waals surface area contributed by atoms with Crippen LogP contribution in [0.4, 0.5) is 5.69 Å². The molecule has 0 unspecified atom stereocenters. The van der Waals surface area contributed by atoms with E-state index >= 15 is 0 Å². The van der Waals surface area contributed by atoms with E-state index in [4.69, 9.17) is 0 Å². The van der Waals surface area contributed by atoms with E-state index < -0.39 is 22.1 Å². The van der Waals surface area contributed by atoms with E-state index in [1.165, 1.54) is 43.8 Å². The second-order valence-electron chi connectivity index (χ2n) is 4.65. The fourth-order valence-electron chi connectivity index (χ4n) is 2.12. The van der Waals surface area contributed by atoms with Gasteiger partial charge in [0, 0.05) is 20.1 Å². The molecule has 9 heteroatoms. The Morgan fingerprint density at radius 3 is 1.86 bits per heavy atom. The summed E-state index contributed by atoms with van der Waals surface area (Å²) < 4.78 is 36.0. The van der Waals surface area contributed by atoms with Gasteiger partial charge >= 0.3 is 22.1 Å². The van der Waals surface area contributed by atoms with Crippen LogP contribution >= 0.6 is 0 Å². The van der Waals surface area contributed by atoms with E-state index in [-0.39, 0.29) is 23.4 Å². The van der Waals surface area contributed by atoms with Crippen LogP contribution < -0.4 is 4.31 Å². The molecule has 0 aromatic heterocycles. The second-order valence-corrected chi connectivity index (χ2v) is 6.61. The predicted octanol–water partition coefficient (Wildman–Crippen LogP) is 0.256. The summed E-state index contributed by atoms with van der Waals surface area (Å²) in [6.45, 7) is 0.544. The quantitative estimate of drug-likeness (QED) is 0.739. The highest BCUT2D eigenvalue weighted by Crippen LogP contribution is 2.27. The van der Waals surface area contributed by atoms with E-state index in [1.54, 1.807) is 0 Å². The van der Waals surface area contributed by atoms with Crippen molar-refractivity contribution in [2.24, 2.45) is 0 Å². The van der Waals surface area contributed by atoms with Gasteiger partial charge in [-0.05, 0) is 18.2 Å². The average Bonchev–Trinajstić information content (AvgIpc) is 2.78. The van der Waals surface area contributed by atoms with Gasteiger partial charge in [0.05, 0.1) is 31.0 Å². The Bertz CT molecular complexity index is 681. The molecule has 0 aliphatic carbocycles. The number of rotatable bonds is 3. The molecule has 1 fully saturated rings. The van der Waals surface area contributed by atoms with Gasteiger partial charge in [0.1, 0.15) is 0 Å². The van der Waals surface area contributed by atoms with Crippen molar-refractivity contribution in [3.05, 3.63) is 29.3 Å². The SMILES string of the molecule is COC(=O)c1cc(C(=O)OC)cc(N2CCN(C)S2(=O)=O)c1. The first-order valence-corrected chi connectivity index (χ1v) is 7.76. The Morgan fingerprint density at radius 2 is 1.50 bits per heavy atom. The molecule has 120 valence electrons. The van der Waals surface area contributed by atoms with Gasteiger partial charge < -0.3 is 9.47 Å². The molecule has 0 saturated carbocycles. The molecule has 0 amide bonds. The third-order valence-electron chi connectivity index (χ3n) is 3.34. The first-order chi connectivity index (χ1) is 10.3. The van der Waals surface area contributed by atoms with Gasteiger partial charge in [0.25, 0.3) is 0 Å². The van der Waals surface area contributed by atoms with Gasteiger partial charge in [-0.2, -0.15) is 12.7 Å². The zero-order valence-corrected chi connectivity index (χ0v) is 13.2. The number of esters is 2. The van der Waals surface area contributed by atoms with Crippen LogP contribution in [0.1, 0.15) is 20.7 Å². The molecule has 0 atom stereocenters. The molecule has 0 radical (unpaired) electrons. The standard InChI is InChI=1S/C13H16N2O6S/c1-14-4-5-15(22(14,18)19)11-7-9(12(16)20-2)6-10(8-11)13(17)21-3/h6-8H,4-5H2,1-3H3. The molecule has 1 aliphatic heterocycles. The van der Waals surface area contributed by atoms with Crippen LogP contribution in [0, 0.1) is 0 Å². The van der Waals surface area contributed by atoms with Gasteiger partial charge in [-0.3, -0.25) is 4.31 Å². The molecule has 1 saturated heterocycles. The zero-order chi connectivity index (χ0) is 16.5. The van der Waals surface area contributed by atoms with E-state index in [9.17, 15) is 18.0 Å². The van der Waals surface area contributed by atoms with Crippen molar-refractivity contribution in [1.29, 1.82) is 0 Å². The number of benzene rings is 1. The maximum atomic E-state index is 12.2. The summed E-state index contributed by atoms with van der Waals surface area (Å²) in [7, 11) is 0.207. The average molecular weight is 328 g/mol. The number of ether oxygens (including phenoxy) is 2. The van der Waals surface area contributed by atoms with Gasteiger partial charge in [-0.1, -0.05) is 0 Å². The summed E-state index contributed by atoms with van der Waals surface area (Å²) in [5.41, 5.74) is 0.364. The first-order valence-electron chi connectivity index (χ1n) is 6.37. The van der Waals surface area contributed by atoms with Crippen LogP contribution in [0.2, 0.25) is 0 Å². The Balaban J connectivity index is 2.56. The van der Waals surface area contributed by atoms with Crippen LogP contribution in [0.25, 0.3) is 0 Å². The molecule has 0 N–H and O–H groups in total. The summed E-state index contributed by atoms with van der Waals surface area (Å²) in [4.78, 5) is 23.4. The monoisotopic (exact) mass is 328 g/mol. The van der Waals surface area contributed by atoms with Crippen molar-refractivity contribution in [1.82, 2.24) is 4.31 Å². The predicted molar refractivity (Wildman–Crippen MR) is 78.0 cm³/mol. The van der Waals surface area contributed by atoms with E-state index in [1.807, 2.05) is 0 Å². The van der Waals surface area contributed by atoms with Gasteiger partial charge in [-0.15, -0.1) is 0 Å². The highest BCUT2D eigenvalue weighted by atomic mass is 32.2. The van der Waals surface area contributed by atoms with Gasteiger partial charge in [-0.25, -0.2) is 9.59 Å². The molecular formula is C13H16N2O6S. The minimum atomic E-state index is -3.65. The Morgan fingerprint density at radius 1 is 1.00 bits per heavy atom. The highest BCUT2D eigenvalue weighted by Gasteiger charge is 2.34. The topological polar surface area (TPSA) is 93.2 Å². The summed E-state index contributed by atoms with van der Waals surface area (Å²) in [5, 5.41) is 0. The number of anilines is 1. The number of likely N-dealkylation sites (N-methyl/N-ethyl adjacent to an activating group) is 1. The minimum absolute atomic E-state index is 0.0742. The van der Waals surface area contributed by atoms with Crippen LogP contribution in [0.5, 0.6) is 0 Å². The summed E-state index contributed by atoms with van der Waals surface area (Å²) in [5.74, 6) is -1.34. The van der Waals surface area contributed by atoms with Crippen LogP contribution in [0.3, 0.4) is 0 Å². The fraction of sp³-hybridized carbons (Fsp3) is 0.385. The summed E-state index contributed by atoms with van der Waals surface area (Å²) in [6, 6.07) is 4.04. The van der Waals surface area contributed by atoms with Gasteiger partial charge in [0.15, 0.2) is 0 Å². The van der Waals surface area contributed by atoms with Crippen LogP contribution in [-0.2, 0) is 19.7 Å². The molecule has 1 heterocycles. The molecule has 8 nitrogen and oxygen atoms in total. The van der Waals surface area contributed by atoms with E-state index in [0.717, 1.165) is 4.31 Å². The smallest absolute Gasteiger partial charge is 0.337 e. The molecular weight excluding hydrogens is 312 g/mol. The number of carbonyl (C=O) groups is 2. The number of hydrogen-bond acceptors (Lipinski definition) is 6. The van der Waals surface area contributed by atoms with Crippen molar-refractivity contribution in [2.75, 3.05) is 38.7 Å². The fourth-order valence-corrected chi connectivity index (χ4v) is 3.45. The van der Waals surface area contributed by atoms with E-state index in [0.29, 0.717) is 6.54 Å². The van der Waals surface area contributed by atoms with Crippen LogP contribution in [-0.4, -0.2) is 59.0 Å².